The zero-order valence-electron chi connectivity index (χ0n) is 9.62. The van der Waals surface area contributed by atoms with Crippen molar-refractivity contribution in [1.82, 2.24) is 5.32 Å². The Bertz CT molecular complexity index is 406. The number of terminal acetylenes is 1. The minimum Gasteiger partial charge on any atom is -0.497 e. The quantitative estimate of drug-likeness (QED) is 0.776. The van der Waals surface area contributed by atoms with Crippen molar-refractivity contribution in [3.8, 4) is 18.1 Å². The SMILES string of the molecule is C#CCN[C@H]1CCc2ccc(OC)cc2C1. The van der Waals surface area contributed by atoms with Gasteiger partial charge in [-0.05, 0) is 42.5 Å². The first-order valence-corrected chi connectivity index (χ1v) is 5.66. The molecular formula is C14H17NO. The first-order valence-electron chi connectivity index (χ1n) is 5.66. The normalized spacial score (nSPS) is 18.6. The summed E-state index contributed by atoms with van der Waals surface area (Å²) in [6.45, 7) is 0.657. The first-order chi connectivity index (χ1) is 7.83. The Kier molecular flexibility index (Phi) is 3.48. The molecular weight excluding hydrogens is 198 g/mol. The molecule has 2 heteroatoms. The van der Waals surface area contributed by atoms with Crippen LogP contribution in [0.2, 0.25) is 0 Å². The van der Waals surface area contributed by atoms with Crippen molar-refractivity contribution >= 4 is 0 Å². The zero-order valence-corrected chi connectivity index (χ0v) is 9.62. The molecule has 16 heavy (non-hydrogen) atoms. The molecule has 0 bridgehead atoms. The van der Waals surface area contributed by atoms with Crippen LogP contribution in [0.25, 0.3) is 0 Å². The van der Waals surface area contributed by atoms with Crippen molar-refractivity contribution in [2.45, 2.75) is 25.3 Å². The van der Waals surface area contributed by atoms with E-state index in [9.17, 15) is 0 Å². The molecule has 0 spiro atoms. The third-order valence-corrected chi connectivity index (χ3v) is 3.13. The Morgan fingerprint density at radius 2 is 2.38 bits per heavy atom. The van der Waals surface area contributed by atoms with Gasteiger partial charge in [0, 0.05) is 6.04 Å². The van der Waals surface area contributed by atoms with Gasteiger partial charge in [0.05, 0.1) is 13.7 Å². The lowest BCUT2D eigenvalue weighted by Gasteiger charge is -2.25. The largest absolute Gasteiger partial charge is 0.497 e. The number of aryl methyl sites for hydroxylation is 1. The Labute approximate surface area is 97.0 Å². The van der Waals surface area contributed by atoms with Crippen LogP contribution in [0, 0.1) is 12.3 Å². The van der Waals surface area contributed by atoms with Crippen molar-refractivity contribution < 1.29 is 4.74 Å². The number of rotatable bonds is 3. The first kappa shape index (κ1) is 11.0. The van der Waals surface area contributed by atoms with Crippen LogP contribution in [0.3, 0.4) is 0 Å². The minimum atomic E-state index is 0.510. The number of hydrogen-bond donors (Lipinski definition) is 1. The second-order valence-corrected chi connectivity index (χ2v) is 4.16. The zero-order chi connectivity index (χ0) is 11.4. The lowest BCUT2D eigenvalue weighted by molar-refractivity contribution is 0.412. The van der Waals surface area contributed by atoms with Gasteiger partial charge in [0.2, 0.25) is 0 Å². The molecule has 1 aromatic rings. The minimum absolute atomic E-state index is 0.510. The molecule has 0 unspecified atom stereocenters. The van der Waals surface area contributed by atoms with Gasteiger partial charge in [-0.2, -0.15) is 0 Å². The fourth-order valence-corrected chi connectivity index (χ4v) is 2.24. The van der Waals surface area contributed by atoms with E-state index in [0.29, 0.717) is 12.6 Å². The fourth-order valence-electron chi connectivity index (χ4n) is 2.24. The standard InChI is InChI=1S/C14H17NO/c1-3-8-15-13-6-4-11-5-7-14(16-2)10-12(11)9-13/h1,5,7,10,13,15H,4,6,8-9H2,2H3/t13-/m0/s1. The van der Waals surface area contributed by atoms with Gasteiger partial charge in [-0.25, -0.2) is 0 Å². The van der Waals surface area contributed by atoms with Crippen molar-refractivity contribution in [1.29, 1.82) is 0 Å². The van der Waals surface area contributed by atoms with Gasteiger partial charge in [0.1, 0.15) is 5.75 Å². The summed E-state index contributed by atoms with van der Waals surface area (Å²) in [6.07, 6.45) is 8.60. The van der Waals surface area contributed by atoms with E-state index in [-0.39, 0.29) is 0 Å². The van der Waals surface area contributed by atoms with Crippen LogP contribution >= 0.6 is 0 Å². The number of benzene rings is 1. The highest BCUT2D eigenvalue weighted by molar-refractivity contribution is 5.37. The van der Waals surface area contributed by atoms with Crippen LogP contribution in [0.15, 0.2) is 18.2 Å². The van der Waals surface area contributed by atoms with Gasteiger partial charge in [-0.15, -0.1) is 6.42 Å². The van der Waals surface area contributed by atoms with E-state index in [2.05, 4.69) is 23.4 Å². The summed E-state index contributed by atoms with van der Waals surface area (Å²) in [5.41, 5.74) is 2.83. The molecule has 2 nitrogen and oxygen atoms in total. The van der Waals surface area contributed by atoms with Gasteiger partial charge in [0.15, 0.2) is 0 Å². The highest BCUT2D eigenvalue weighted by Gasteiger charge is 2.18. The summed E-state index contributed by atoms with van der Waals surface area (Å²) >= 11 is 0. The molecule has 0 radical (unpaired) electrons. The molecule has 0 aromatic heterocycles. The van der Waals surface area contributed by atoms with E-state index in [0.717, 1.165) is 18.6 Å². The Morgan fingerprint density at radius 3 is 3.12 bits per heavy atom. The van der Waals surface area contributed by atoms with Gasteiger partial charge >= 0.3 is 0 Å². The van der Waals surface area contributed by atoms with E-state index < -0.39 is 0 Å². The summed E-state index contributed by atoms with van der Waals surface area (Å²) in [5.74, 6) is 3.57. The monoisotopic (exact) mass is 215 g/mol. The lowest BCUT2D eigenvalue weighted by Crippen LogP contribution is -2.34. The van der Waals surface area contributed by atoms with E-state index >= 15 is 0 Å². The summed E-state index contributed by atoms with van der Waals surface area (Å²) in [6, 6.07) is 6.86. The van der Waals surface area contributed by atoms with Crippen molar-refractivity contribution in [3.63, 3.8) is 0 Å². The summed E-state index contributed by atoms with van der Waals surface area (Å²) < 4.78 is 5.24. The van der Waals surface area contributed by atoms with Gasteiger partial charge in [0.25, 0.3) is 0 Å². The number of nitrogens with one attached hydrogen (secondary N) is 1. The number of methoxy groups -OCH3 is 1. The van der Waals surface area contributed by atoms with E-state index in [1.165, 1.54) is 17.5 Å². The molecule has 1 aliphatic rings. The smallest absolute Gasteiger partial charge is 0.119 e. The maximum Gasteiger partial charge on any atom is 0.119 e. The number of fused-ring (bicyclic) bond motifs is 1. The lowest BCUT2D eigenvalue weighted by atomic mass is 9.88. The summed E-state index contributed by atoms with van der Waals surface area (Å²) in [7, 11) is 1.71. The van der Waals surface area contributed by atoms with Crippen LogP contribution in [-0.4, -0.2) is 19.7 Å². The third-order valence-electron chi connectivity index (χ3n) is 3.13. The van der Waals surface area contributed by atoms with Crippen molar-refractivity contribution in [3.05, 3.63) is 29.3 Å². The maximum absolute atomic E-state index is 5.25. The molecule has 1 N–H and O–H groups in total. The molecule has 0 fully saturated rings. The van der Waals surface area contributed by atoms with Crippen LogP contribution in [-0.2, 0) is 12.8 Å². The predicted molar refractivity (Wildman–Crippen MR) is 65.6 cm³/mol. The second-order valence-electron chi connectivity index (χ2n) is 4.16. The summed E-state index contributed by atoms with van der Waals surface area (Å²) in [4.78, 5) is 0. The molecule has 0 heterocycles. The topological polar surface area (TPSA) is 21.3 Å². The van der Waals surface area contributed by atoms with E-state index in [1.807, 2.05) is 6.07 Å². The maximum atomic E-state index is 5.25. The highest BCUT2D eigenvalue weighted by atomic mass is 16.5. The molecule has 0 aliphatic heterocycles. The van der Waals surface area contributed by atoms with Gasteiger partial charge in [-0.3, -0.25) is 0 Å². The molecule has 0 saturated carbocycles. The summed E-state index contributed by atoms with van der Waals surface area (Å²) in [5, 5.41) is 3.37. The van der Waals surface area contributed by atoms with Crippen molar-refractivity contribution in [2.24, 2.45) is 0 Å². The Morgan fingerprint density at radius 1 is 1.50 bits per heavy atom. The molecule has 0 amide bonds. The third kappa shape index (κ3) is 2.37. The average Bonchev–Trinajstić information content (AvgIpc) is 2.35. The Balaban J connectivity index is 2.09. The highest BCUT2D eigenvalue weighted by Crippen LogP contribution is 2.25. The Hall–Kier alpha value is -1.46. The van der Waals surface area contributed by atoms with E-state index in [1.54, 1.807) is 7.11 Å². The molecule has 0 saturated heterocycles. The van der Waals surface area contributed by atoms with Gasteiger partial charge in [-0.1, -0.05) is 12.0 Å². The number of hydrogen-bond acceptors (Lipinski definition) is 2. The van der Waals surface area contributed by atoms with Crippen LogP contribution in [0.1, 0.15) is 17.5 Å². The van der Waals surface area contributed by atoms with E-state index in [4.69, 9.17) is 11.2 Å². The average molecular weight is 215 g/mol. The molecule has 2 rings (SSSR count). The molecule has 1 atom stereocenters. The van der Waals surface area contributed by atoms with Gasteiger partial charge < -0.3 is 10.1 Å². The molecule has 84 valence electrons. The van der Waals surface area contributed by atoms with Crippen LogP contribution in [0.4, 0.5) is 0 Å². The number of ether oxygens (including phenoxy) is 1. The molecule has 1 aromatic carbocycles. The van der Waals surface area contributed by atoms with Crippen LogP contribution in [0.5, 0.6) is 5.75 Å². The fraction of sp³-hybridized carbons (Fsp3) is 0.429. The van der Waals surface area contributed by atoms with Crippen molar-refractivity contribution in [2.75, 3.05) is 13.7 Å². The predicted octanol–water partition coefficient (Wildman–Crippen LogP) is 1.78. The van der Waals surface area contributed by atoms with Crippen LogP contribution < -0.4 is 10.1 Å². The second kappa shape index (κ2) is 5.05. The molecule has 1 aliphatic carbocycles.